The number of anilines is 1. The molecular weight excluding hydrogens is 406 g/mol. The van der Waals surface area contributed by atoms with E-state index in [2.05, 4.69) is 63.2 Å². The van der Waals surface area contributed by atoms with Gasteiger partial charge in [0, 0.05) is 20.7 Å². The summed E-state index contributed by atoms with van der Waals surface area (Å²) >= 11 is 6.81. The van der Waals surface area contributed by atoms with Gasteiger partial charge in [-0.05, 0) is 73.2 Å². The molecule has 0 spiro atoms. The van der Waals surface area contributed by atoms with Gasteiger partial charge >= 0.3 is 0 Å². The fourth-order valence-corrected chi connectivity index (χ4v) is 2.55. The van der Waals surface area contributed by atoms with Crippen LogP contribution in [0, 0.1) is 0 Å². The summed E-state index contributed by atoms with van der Waals surface area (Å²) in [6.07, 6.45) is 3.35. The van der Waals surface area contributed by atoms with Crippen LogP contribution < -0.4 is 5.32 Å². The molecule has 0 saturated heterocycles. The lowest BCUT2D eigenvalue weighted by molar-refractivity contribution is -0.111. The fourth-order valence-electron chi connectivity index (χ4n) is 1.92. The van der Waals surface area contributed by atoms with Gasteiger partial charge in [0.1, 0.15) is 0 Å². The minimum atomic E-state index is -0.151. The molecule has 0 aliphatic carbocycles. The number of rotatable bonds is 4. The quantitative estimate of drug-likeness (QED) is 0.602. The molecule has 2 aromatic rings. The standard InChI is InChI=1S/C18H17Br2NO/c1-12(2)14-6-3-13(4-7-14)5-10-18(22)21-15-8-9-16(19)17(20)11-15/h3-12H,1-2H3,(H,21,22). The molecular formula is C18H17Br2NO. The van der Waals surface area contributed by atoms with E-state index in [0.29, 0.717) is 5.92 Å². The minimum absolute atomic E-state index is 0.151. The monoisotopic (exact) mass is 421 g/mol. The van der Waals surface area contributed by atoms with Crippen LogP contribution in [0.2, 0.25) is 0 Å². The first-order chi connectivity index (χ1) is 10.5. The van der Waals surface area contributed by atoms with E-state index >= 15 is 0 Å². The van der Waals surface area contributed by atoms with E-state index in [1.165, 1.54) is 5.56 Å². The summed E-state index contributed by atoms with van der Waals surface area (Å²) in [5, 5.41) is 2.83. The Morgan fingerprint density at radius 2 is 1.73 bits per heavy atom. The van der Waals surface area contributed by atoms with Crippen molar-refractivity contribution in [2.24, 2.45) is 0 Å². The Kier molecular flexibility index (Phi) is 5.98. The van der Waals surface area contributed by atoms with Crippen molar-refractivity contribution in [1.29, 1.82) is 0 Å². The molecule has 0 heterocycles. The third-order valence-corrected chi connectivity index (χ3v) is 5.10. The van der Waals surface area contributed by atoms with Crippen LogP contribution in [-0.4, -0.2) is 5.91 Å². The molecule has 0 fully saturated rings. The molecule has 0 saturated carbocycles. The molecule has 114 valence electrons. The molecule has 4 heteroatoms. The molecule has 1 N–H and O–H groups in total. The number of hydrogen-bond donors (Lipinski definition) is 1. The molecule has 0 unspecified atom stereocenters. The zero-order valence-corrected chi connectivity index (χ0v) is 15.6. The summed E-state index contributed by atoms with van der Waals surface area (Å²) < 4.78 is 1.85. The van der Waals surface area contributed by atoms with Gasteiger partial charge in [-0.15, -0.1) is 0 Å². The number of nitrogens with one attached hydrogen (secondary N) is 1. The highest BCUT2D eigenvalue weighted by Crippen LogP contribution is 2.26. The third kappa shape index (κ3) is 4.82. The van der Waals surface area contributed by atoms with Gasteiger partial charge in [0.25, 0.3) is 0 Å². The first-order valence-corrected chi connectivity index (χ1v) is 8.58. The number of halogens is 2. The van der Waals surface area contributed by atoms with Crippen LogP contribution in [0.3, 0.4) is 0 Å². The molecule has 22 heavy (non-hydrogen) atoms. The molecule has 2 rings (SSSR count). The Morgan fingerprint density at radius 3 is 2.32 bits per heavy atom. The second-order valence-electron chi connectivity index (χ2n) is 5.27. The Bertz CT molecular complexity index is 691. The van der Waals surface area contributed by atoms with Gasteiger partial charge in [-0.2, -0.15) is 0 Å². The van der Waals surface area contributed by atoms with Crippen LogP contribution in [-0.2, 0) is 4.79 Å². The van der Waals surface area contributed by atoms with Gasteiger partial charge in [0.05, 0.1) is 0 Å². The summed E-state index contributed by atoms with van der Waals surface area (Å²) in [5.41, 5.74) is 3.05. The number of hydrogen-bond acceptors (Lipinski definition) is 1. The second kappa shape index (κ2) is 7.75. The van der Waals surface area contributed by atoms with Crippen molar-refractivity contribution in [1.82, 2.24) is 0 Å². The van der Waals surface area contributed by atoms with Crippen molar-refractivity contribution in [2.75, 3.05) is 5.32 Å². The smallest absolute Gasteiger partial charge is 0.248 e. The minimum Gasteiger partial charge on any atom is -0.322 e. The molecule has 0 aromatic heterocycles. The summed E-state index contributed by atoms with van der Waals surface area (Å²) in [4.78, 5) is 11.9. The van der Waals surface area contributed by atoms with Crippen LogP contribution in [0.15, 0.2) is 57.5 Å². The van der Waals surface area contributed by atoms with E-state index in [4.69, 9.17) is 0 Å². The van der Waals surface area contributed by atoms with E-state index in [1.54, 1.807) is 6.08 Å². The fraction of sp³-hybridized carbons (Fsp3) is 0.167. The number of amides is 1. The zero-order valence-electron chi connectivity index (χ0n) is 12.4. The summed E-state index contributed by atoms with van der Waals surface area (Å²) in [6, 6.07) is 13.8. The van der Waals surface area contributed by atoms with E-state index < -0.39 is 0 Å². The average molecular weight is 423 g/mol. The summed E-state index contributed by atoms with van der Waals surface area (Å²) in [6.45, 7) is 4.32. The Morgan fingerprint density at radius 1 is 1.05 bits per heavy atom. The largest absolute Gasteiger partial charge is 0.322 e. The Labute approximate surface area is 147 Å². The highest BCUT2D eigenvalue weighted by atomic mass is 79.9. The highest BCUT2D eigenvalue weighted by molar-refractivity contribution is 9.13. The van der Waals surface area contributed by atoms with Crippen LogP contribution in [0.5, 0.6) is 0 Å². The molecule has 0 bridgehead atoms. The van der Waals surface area contributed by atoms with E-state index in [-0.39, 0.29) is 5.91 Å². The van der Waals surface area contributed by atoms with Crippen molar-refractivity contribution in [3.63, 3.8) is 0 Å². The molecule has 0 aliphatic heterocycles. The lowest BCUT2D eigenvalue weighted by atomic mass is 10.0. The Hall–Kier alpha value is -1.39. The molecule has 2 aromatic carbocycles. The first-order valence-electron chi connectivity index (χ1n) is 7.00. The van der Waals surface area contributed by atoms with Gasteiger partial charge in [-0.3, -0.25) is 4.79 Å². The van der Waals surface area contributed by atoms with Crippen LogP contribution in [0.1, 0.15) is 30.9 Å². The maximum absolute atomic E-state index is 11.9. The SMILES string of the molecule is CC(C)c1ccc(C=CC(=O)Nc2ccc(Br)c(Br)c2)cc1. The van der Waals surface area contributed by atoms with E-state index in [9.17, 15) is 4.79 Å². The van der Waals surface area contributed by atoms with Crippen LogP contribution >= 0.6 is 31.9 Å². The average Bonchev–Trinajstić information content (AvgIpc) is 2.49. The third-order valence-electron chi connectivity index (χ3n) is 3.22. The van der Waals surface area contributed by atoms with E-state index in [0.717, 1.165) is 20.2 Å². The maximum atomic E-state index is 11.9. The lowest BCUT2D eigenvalue weighted by Gasteiger charge is -2.05. The van der Waals surface area contributed by atoms with Gasteiger partial charge in [-0.1, -0.05) is 38.1 Å². The zero-order chi connectivity index (χ0) is 16.1. The van der Waals surface area contributed by atoms with Crippen molar-refractivity contribution in [3.8, 4) is 0 Å². The first kappa shape index (κ1) is 17.0. The van der Waals surface area contributed by atoms with Gasteiger partial charge in [0.15, 0.2) is 0 Å². The summed E-state index contributed by atoms with van der Waals surface area (Å²) in [5.74, 6) is 0.360. The molecule has 0 radical (unpaired) electrons. The number of carbonyl (C=O) groups excluding carboxylic acids is 1. The number of carbonyl (C=O) groups is 1. The van der Waals surface area contributed by atoms with E-state index in [1.807, 2.05) is 36.4 Å². The van der Waals surface area contributed by atoms with Gasteiger partial charge in [-0.25, -0.2) is 0 Å². The molecule has 2 nitrogen and oxygen atoms in total. The molecule has 0 atom stereocenters. The second-order valence-corrected chi connectivity index (χ2v) is 6.98. The molecule has 0 aliphatic rings. The lowest BCUT2D eigenvalue weighted by Crippen LogP contribution is -2.07. The van der Waals surface area contributed by atoms with Crippen molar-refractivity contribution >= 4 is 49.5 Å². The number of benzene rings is 2. The predicted molar refractivity (Wildman–Crippen MR) is 100 cm³/mol. The van der Waals surface area contributed by atoms with Crippen LogP contribution in [0.25, 0.3) is 6.08 Å². The van der Waals surface area contributed by atoms with Gasteiger partial charge in [0.2, 0.25) is 5.91 Å². The van der Waals surface area contributed by atoms with Crippen molar-refractivity contribution in [3.05, 3.63) is 68.6 Å². The maximum Gasteiger partial charge on any atom is 0.248 e. The topological polar surface area (TPSA) is 29.1 Å². The van der Waals surface area contributed by atoms with Crippen LogP contribution in [0.4, 0.5) is 5.69 Å². The van der Waals surface area contributed by atoms with Gasteiger partial charge < -0.3 is 5.32 Å². The predicted octanol–water partition coefficient (Wildman–Crippen LogP) is 5.99. The van der Waals surface area contributed by atoms with Crippen molar-refractivity contribution < 1.29 is 4.79 Å². The normalized spacial score (nSPS) is 11.1. The van der Waals surface area contributed by atoms with Crippen molar-refractivity contribution in [2.45, 2.75) is 19.8 Å². The molecule has 1 amide bonds. The summed E-state index contributed by atoms with van der Waals surface area (Å²) in [7, 11) is 0. The Balaban J connectivity index is 2.00. The highest BCUT2D eigenvalue weighted by Gasteiger charge is 2.02.